The second kappa shape index (κ2) is 5.42. The van der Waals surface area contributed by atoms with Crippen molar-refractivity contribution in [3.05, 3.63) is 29.8 Å². The Morgan fingerprint density at radius 3 is 2.60 bits per heavy atom. The third kappa shape index (κ3) is 5.09. The van der Waals surface area contributed by atoms with E-state index in [0.717, 1.165) is 16.7 Å². The summed E-state index contributed by atoms with van der Waals surface area (Å²) in [5, 5.41) is 8.83. The number of halogens is 3. The summed E-state index contributed by atoms with van der Waals surface area (Å²) >= 11 is 1.15. The minimum Gasteiger partial charge on any atom is -0.392 e. The van der Waals surface area contributed by atoms with Crippen LogP contribution in [0.25, 0.3) is 0 Å². The van der Waals surface area contributed by atoms with Gasteiger partial charge in [-0.15, -0.1) is 11.8 Å². The van der Waals surface area contributed by atoms with Crippen molar-refractivity contribution in [3.8, 4) is 0 Å². The van der Waals surface area contributed by atoms with Crippen molar-refractivity contribution >= 4 is 11.8 Å². The van der Waals surface area contributed by atoms with Gasteiger partial charge in [0.1, 0.15) is 0 Å². The molecule has 0 aromatic heterocycles. The van der Waals surface area contributed by atoms with E-state index in [1.165, 1.54) is 0 Å². The van der Waals surface area contributed by atoms with Gasteiger partial charge in [-0.2, -0.15) is 13.2 Å². The van der Waals surface area contributed by atoms with Crippen LogP contribution in [0.4, 0.5) is 13.2 Å². The molecule has 0 aliphatic heterocycles. The predicted molar refractivity (Wildman–Crippen MR) is 53.8 cm³/mol. The van der Waals surface area contributed by atoms with Gasteiger partial charge in [0.05, 0.1) is 13.0 Å². The monoisotopic (exact) mass is 236 g/mol. The Kier molecular flexibility index (Phi) is 4.47. The van der Waals surface area contributed by atoms with Crippen LogP contribution in [0.5, 0.6) is 0 Å². The summed E-state index contributed by atoms with van der Waals surface area (Å²) in [6, 6.07) is 6.89. The Labute approximate surface area is 90.3 Å². The number of aliphatic hydroxyl groups excluding tert-OH is 1. The molecule has 5 heteroatoms. The maximum absolute atomic E-state index is 11.9. The van der Waals surface area contributed by atoms with E-state index >= 15 is 0 Å². The fourth-order valence-electron chi connectivity index (χ4n) is 1.02. The topological polar surface area (TPSA) is 20.2 Å². The quantitative estimate of drug-likeness (QED) is 0.810. The zero-order valence-electron chi connectivity index (χ0n) is 7.92. The first-order valence-electron chi connectivity index (χ1n) is 4.40. The molecule has 0 saturated heterocycles. The molecule has 0 heterocycles. The van der Waals surface area contributed by atoms with E-state index in [4.69, 9.17) is 5.11 Å². The molecule has 84 valence electrons. The van der Waals surface area contributed by atoms with Crippen LogP contribution >= 0.6 is 11.8 Å². The van der Waals surface area contributed by atoms with E-state index < -0.39 is 12.6 Å². The van der Waals surface area contributed by atoms with Crippen LogP contribution < -0.4 is 0 Å². The SMILES string of the molecule is OCc1cccc(SCCC(F)(F)F)c1. The summed E-state index contributed by atoms with van der Waals surface area (Å²) in [5.41, 5.74) is 0.715. The number of benzene rings is 1. The molecule has 0 unspecified atom stereocenters. The van der Waals surface area contributed by atoms with E-state index in [0.29, 0.717) is 5.56 Å². The molecule has 0 atom stereocenters. The highest BCUT2D eigenvalue weighted by atomic mass is 32.2. The number of hydrogen-bond acceptors (Lipinski definition) is 2. The molecule has 0 radical (unpaired) electrons. The lowest BCUT2D eigenvalue weighted by Gasteiger charge is -2.06. The van der Waals surface area contributed by atoms with Crippen molar-refractivity contribution in [1.82, 2.24) is 0 Å². The highest BCUT2D eigenvalue weighted by Gasteiger charge is 2.26. The number of aliphatic hydroxyl groups is 1. The number of thioether (sulfide) groups is 1. The molecule has 1 rings (SSSR count). The molecule has 0 bridgehead atoms. The zero-order chi connectivity index (χ0) is 11.3. The van der Waals surface area contributed by atoms with Gasteiger partial charge < -0.3 is 5.11 Å². The summed E-state index contributed by atoms with van der Waals surface area (Å²) in [7, 11) is 0. The van der Waals surface area contributed by atoms with Gasteiger partial charge in [0.2, 0.25) is 0 Å². The van der Waals surface area contributed by atoms with Crippen molar-refractivity contribution in [2.75, 3.05) is 5.75 Å². The van der Waals surface area contributed by atoms with E-state index in [1.807, 2.05) is 0 Å². The van der Waals surface area contributed by atoms with Crippen LogP contribution in [-0.4, -0.2) is 17.0 Å². The van der Waals surface area contributed by atoms with Crippen molar-refractivity contribution in [2.45, 2.75) is 24.1 Å². The Balaban J connectivity index is 2.44. The Morgan fingerprint density at radius 1 is 1.27 bits per heavy atom. The second-order valence-electron chi connectivity index (χ2n) is 3.02. The highest BCUT2D eigenvalue weighted by Crippen LogP contribution is 2.26. The number of alkyl halides is 3. The van der Waals surface area contributed by atoms with Gasteiger partial charge in [-0.05, 0) is 17.7 Å². The number of hydrogen-bond donors (Lipinski definition) is 1. The average Bonchev–Trinajstić information content (AvgIpc) is 2.16. The first-order chi connectivity index (χ1) is 7.01. The standard InChI is InChI=1S/C10H11F3OS/c11-10(12,13)4-5-15-9-3-1-2-8(6-9)7-14/h1-3,6,14H,4-5,7H2. The van der Waals surface area contributed by atoms with Crippen LogP contribution in [0.15, 0.2) is 29.2 Å². The maximum Gasteiger partial charge on any atom is 0.389 e. The van der Waals surface area contributed by atoms with Crippen molar-refractivity contribution in [1.29, 1.82) is 0 Å². The Hall–Kier alpha value is -0.680. The lowest BCUT2D eigenvalue weighted by molar-refractivity contribution is -0.129. The molecule has 15 heavy (non-hydrogen) atoms. The molecule has 0 spiro atoms. The minimum absolute atomic E-state index is 0.0123. The fourth-order valence-corrected chi connectivity index (χ4v) is 2.00. The second-order valence-corrected chi connectivity index (χ2v) is 4.19. The molecule has 1 N–H and O–H groups in total. The third-order valence-corrected chi connectivity index (χ3v) is 2.73. The molecule has 1 aromatic rings. The van der Waals surface area contributed by atoms with Gasteiger partial charge in [0, 0.05) is 10.6 Å². The van der Waals surface area contributed by atoms with E-state index in [-0.39, 0.29) is 12.4 Å². The third-order valence-electron chi connectivity index (χ3n) is 1.74. The largest absolute Gasteiger partial charge is 0.392 e. The lowest BCUT2D eigenvalue weighted by Crippen LogP contribution is -2.07. The number of rotatable bonds is 4. The molecule has 1 nitrogen and oxygen atoms in total. The molecular weight excluding hydrogens is 225 g/mol. The first-order valence-corrected chi connectivity index (χ1v) is 5.39. The summed E-state index contributed by atoms with van der Waals surface area (Å²) in [4.78, 5) is 0.755. The fraction of sp³-hybridized carbons (Fsp3) is 0.400. The average molecular weight is 236 g/mol. The van der Waals surface area contributed by atoms with Gasteiger partial charge >= 0.3 is 6.18 Å². The van der Waals surface area contributed by atoms with Gasteiger partial charge in [-0.3, -0.25) is 0 Å². The van der Waals surface area contributed by atoms with E-state index in [9.17, 15) is 13.2 Å². The molecular formula is C10H11F3OS. The molecule has 1 aromatic carbocycles. The van der Waals surface area contributed by atoms with Crippen LogP contribution in [0.1, 0.15) is 12.0 Å². The molecule has 0 saturated carbocycles. The van der Waals surface area contributed by atoms with Crippen LogP contribution in [0, 0.1) is 0 Å². The molecule has 0 amide bonds. The van der Waals surface area contributed by atoms with Gasteiger partial charge in [0.15, 0.2) is 0 Å². The van der Waals surface area contributed by atoms with Crippen molar-refractivity contribution in [2.24, 2.45) is 0 Å². The molecule has 0 fully saturated rings. The van der Waals surface area contributed by atoms with E-state index in [2.05, 4.69) is 0 Å². The summed E-state index contributed by atoms with van der Waals surface area (Å²) in [6.07, 6.45) is -4.89. The van der Waals surface area contributed by atoms with Crippen LogP contribution in [-0.2, 0) is 6.61 Å². The lowest BCUT2D eigenvalue weighted by atomic mass is 10.2. The maximum atomic E-state index is 11.9. The highest BCUT2D eigenvalue weighted by molar-refractivity contribution is 7.99. The summed E-state index contributed by atoms with van der Waals surface area (Å²) in [5.74, 6) is 0.0123. The van der Waals surface area contributed by atoms with Gasteiger partial charge in [-0.25, -0.2) is 0 Å². The van der Waals surface area contributed by atoms with Crippen LogP contribution in [0.3, 0.4) is 0 Å². The predicted octanol–water partition coefficient (Wildman–Crippen LogP) is 3.22. The Morgan fingerprint density at radius 2 is 2.00 bits per heavy atom. The minimum atomic E-state index is -4.10. The normalized spacial score (nSPS) is 11.7. The van der Waals surface area contributed by atoms with E-state index in [1.54, 1.807) is 24.3 Å². The smallest absolute Gasteiger partial charge is 0.389 e. The summed E-state index contributed by atoms with van der Waals surface area (Å²) < 4.78 is 35.6. The van der Waals surface area contributed by atoms with Crippen molar-refractivity contribution < 1.29 is 18.3 Å². The Bertz CT molecular complexity index is 312. The van der Waals surface area contributed by atoms with Crippen LogP contribution in [0.2, 0.25) is 0 Å². The van der Waals surface area contributed by atoms with Crippen molar-refractivity contribution in [3.63, 3.8) is 0 Å². The summed E-state index contributed by atoms with van der Waals surface area (Å²) in [6.45, 7) is -0.0896. The molecule has 0 aliphatic carbocycles. The zero-order valence-corrected chi connectivity index (χ0v) is 8.74. The molecule has 0 aliphatic rings. The first kappa shape index (κ1) is 12.4. The van der Waals surface area contributed by atoms with Gasteiger partial charge in [0.25, 0.3) is 0 Å². The van der Waals surface area contributed by atoms with Gasteiger partial charge in [-0.1, -0.05) is 12.1 Å².